The largest absolute Gasteiger partial charge is 0.508 e. The molecule has 0 unspecified atom stereocenters. The van der Waals surface area contributed by atoms with E-state index >= 15 is 0 Å². The van der Waals surface area contributed by atoms with Crippen LogP contribution in [0.1, 0.15) is 43.4 Å². The standard InChI is InChI=1S/C25H31N3O5/c1-16(2)10-19(13-23(30)28-33-15-17-6-4-3-5-7-17)24(31)27-22-12-18-8-9-21(29)11-20(18)14-26-25(22)32/h3-9,11,16,19,22,29H,10,12-15H2,1-2H3,(H,26,32)(H,27,31)(H,28,30)/t19-,22+/m1/s1. The Bertz CT molecular complexity index is 977. The summed E-state index contributed by atoms with van der Waals surface area (Å²) in [5.41, 5.74) is 5.02. The molecule has 176 valence electrons. The number of carbonyl (C=O) groups excluding carboxylic acids is 3. The third-order valence-electron chi connectivity index (χ3n) is 5.53. The second kappa shape index (κ2) is 11.5. The van der Waals surface area contributed by atoms with Crippen molar-refractivity contribution < 1.29 is 24.3 Å². The molecule has 0 saturated carbocycles. The molecule has 4 N–H and O–H groups in total. The zero-order valence-electron chi connectivity index (χ0n) is 19.0. The van der Waals surface area contributed by atoms with Crippen LogP contribution in [-0.2, 0) is 38.8 Å². The summed E-state index contributed by atoms with van der Waals surface area (Å²) in [6, 6.07) is 13.6. The van der Waals surface area contributed by atoms with Crippen LogP contribution in [0.25, 0.3) is 0 Å². The van der Waals surface area contributed by atoms with Crippen molar-refractivity contribution >= 4 is 17.7 Å². The molecule has 8 nitrogen and oxygen atoms in total. The lowest BCUT2D eigenvalue weighted by Gasteiger charge is -2.22. The van der Waals surface area contributed by atoms with E-state index in [0.29, 0.717) is 12.8 Å². The van der Waals surface area contributed by atoms with Gasteiger partial charge in [-0.15, -0.1) is 0 Å². The first-order valence-electron chi connectivity index (χ1n) is 11.1. The van der Waals surface area contributed by atoms with Gasteiger partial charge in [0.05, 0.1) is 6.61 Å². The Kier molecular flexibility index (Phi) is 8.43. The SMILES string of the molecule is CC(C)C[C@H](CC(=O)NOCc1ccccc1)C(=O)N[C@H]1Cc2ccc(O)cc2CNC1=O. The molecule has 0 bridgehead atoms. The molecule has 0 aliphatic carbocycles. The number of aromatic hydroxyl groups is 1. The molecule has 0 aromatic heterocycles. The fraction of sp³-hybridized carbons (Fsp3) is 0.400. The maximum atomic E-state index is 13.0. The molecule has 1 heterocycles. The van der Waals surface area contributed by atoms with Crippen LogP contribution in [0.15, 0.2) is 48.5 Å². The van der Waals surface area contributed by atoms with Crippen molar-refractivity contribution in [3.8, 4) is 5.75 Å². The number of phenolic OH excluding ortho intramolecular Hbond substituents is 1. The Morgan fingerprint density at radius 2 is 1.91 bits per heavy atom. The van der Waals surface area contributed by atoms with Crippen molar-refractivity contribution in [3.63, 3.8) is 0 Å². The van der Waals surface area contributed by atoms with Crippen LogP contribution in [0, 0.1) is 11.8 Å². The van der Waals surface area contributed by atoms with Gasteiger partial charge in [0.25, 0.3) is 0 Å². The predicted octanol–water partition coefficient (Wildman–Crippen LogP) is 2.35. The number of carbonyl (C=O) groups is 3. The van der Waals surface area contributed by atoms with E-state index in [2.05, 4.69) is 16.1 Å². The normalized spacial score (nSPS) is 16.3. The lowest BCUT2D eigenvalue weighted by molar-refractivity contribution is -0.139. The van der Waals surface area contributed by atoms with Crippen LogP contribution in [0.2, 0.25) is 0 Å². The Labute approximate surface area is 193 Å². The topological polar surface area (TPSA) is 117 Å². The second-order valence-electron chi connectivity index (χ2n) is 8.77. The smallest absolute Gasteiger partial charge is 0.244 e. The number of fused-ring (bicyclic) bond motifs is 1. The monoisotopic (exact) mass is 453 g/mol. The first-order valence-corrected chi connectivity index (χ1v) is 11.1. The van der Waals surface area contributed by atoms with E-state index < -0.39 is 17.9 Å². The van der Waals surface area contributed by atoms with Gasteiger partial charge < -0.3 is 15.7 Å². The number of benzene rings is 2. The highest BCUT2D eigenvalue weighted by molar-refractivity contribution is 5.91. The van der Waals surface area contributed by atoms with Gasteiger partial charge in [-0.3, -0.25) is 19.2 Å². The van der Waals surface area contributed by atoms with Crippen molar-refractivity contribution in [3.05, 3.63) is 65.2 Å². The summed E-state index contributed by atoms with van der Waals surface area (Å²) in [6.07, 6.45) is 0.766. The summed E-state index contributed by atoms with van der Waals surface area (Å²) in [6.45, 7) is 4.46. The van der Waals surface area contributed by atoms with E-state index in [1.807, 2.05) is 44.2 Å². The van der Waals surface area contributed by atoms with Gasteiger partial charge >= 0.3 is 0 Å². The van der Waals surface area contributed by atoms with Crippen LogP contribution in [0.4, 0.5) is 0 Å². The number of hydrogen-bond donors (Lipinski definition) is 4. The highest BCUT2D eigenvalue weighted by atomic mass is 16.6. The van der Waals surface area contributed by atoms with Crippen LogP contribution in [-0.4, -0.2) is 28.9 Å². The highest BCUT2D eigenvalue weighted by Crippen LogP contribution is 2.21. The third kappa shape index (κ3) is 7.32. The fourth-order valence-corrected chi connectivity index (χ4v) is 3.89. The van der Waals surface area contributed by atoms with E-state index in [4.69, 9.17) is 4.84 Å². The molecule has 33 heavy (non-hydrogen) atoms. The van der Waals surface area contributed by atoms with E-state index in [0.717, 1.165) is 16.7 Å². The molecule has 2 aromatic rings. The molecular weight excluding hydrogens is 422 g/mol. The maximum absolute atomic E-state index is 13.0. The second-order valence-corrected chi connectivity index (χ2v) is 8.77. The molecule has 2 atom stereocenters. The lowest BCUT2D eigenvalue weighted by Crippen LogP contribution is -2.49. The quantitative estimate of drug-likeness (QED) is 0.435. The zero-order chi connectivity index (χ0) is 23.8. The Morgan fingerprint density at radius 1 is 1.15 bits per heavy atom. The van der Waals surface area contributed by atoms with E-state index in [1.165, 1.54) is 0 Å². The summed E-state index contributed by atoms with van der Waals surface area (Å²) >= 11 is 0. The van der Waals surface area contributed by atoms with Gasteiger partial charge in [-0.05, 0) is 41.2 Å². The summed E-state index contributed by atoms with van der Waals surface area (Å²) in [5, 5.41) is 15.3. The first kappa shape index (κ1) is 24.3. The number of hydroxylamine groups is 1. The average Bonchev–Trinajstić information content (AvgIpc) is 2.92. The van der Waals surface area contributed by atoms with E-state index in [1.54, 1.807) is 18.2 Å². The number of hydrogen-bond acceptors (Lipinski definition) is 5. The third-order valence-corrected chi connectivity index (χ3v) is 5.53. The molecular formula is C25H31N3O5. The molecule has 1 aliphatic rings. The number of rotatable bonds is 9. The average molecular weight is 454 g/mol. The molecule has 8 heteroatoms. The van der Waals surface area contributed by atoms with Gasteiger partial charge in [0.1, 0.15) is 11.8 Å². The maximum Gasteiger partial charge on any atom is 0.244 e. The van der Waals surface area contributed by atoms with Crippen molar-refractivity contribution in [2.45, 2.75) is 52.3 Å². The van der Waals surface area contributed by atoms with E-state index in [9.17, 15) is 19.5 Å². The van der Waals surface area contributed by atoms with Crippen LogP contribution in [0.5, 0.6) is 5.75 Å². The molecule has 3 amide bonds. The molecule has 0 spiro atoms. The number of nitrogens with one attached hydrogen (secondary N) is 3. The molecule has 0 radical (unpaired) electrons. The van der Waals surface area contributed by atoms with Gasteiger partial charge in [-0.1, -0.05) is 50.2 Å². The van der Waals surface area contributed by atoms with Gasteiger partial charge in [-0.2, -0.15) is 0 Å². The first-order chi connectivity index (χ1) is 15.8. The number of amides is 3. The molecule has 0 saturated heterocycles. The van der Waals surface area contributed by atoms with Gasteiger partial charge in [0.2, 0.25) is 17.7 Å². The lowest BCUT2D eigenvalue weighted by atomic mass is 9.92. The summed E-state index contributed by atoms with van der Waals surface area (Å²) in [7, 11) is 0. The van der Waals surface area contributed by atoms with Crippen LogP contribution < -0.4 is 16.1 Å². The Balaban J connectivity index is 1.59. The summed E-state index contributed by atoms with van der Waals surface area (Å²) in [4.78, 5) is 43.3. The summed E-state index contributed by atoms with van der Waals surface area (Å²) < 4.78 is 0. The van der Waals surface area contributed by atoms with Crippen molar-refractivity contribution in [2.24, 2.45) is 11.8 Å². The minimum atomic E-state index is -0.754. The molecule has 2 aromatic carbocycles. The predicted molar refractivity (Wildman–Crippen MR) is 123 cm³/mol. The Morgan fingerprint density at radius 3 is 2.64 bits per heavy atom. The van der Waals surface area contributed by atoms with Gasteiger partial charge in [0, 0.05) is 25.3 Å². The number of phenols is 1. The van der Waals surface area contributed by atoms with Crippen molar-refractivity contribution in [1.82, 2.24) is 16.1 Å². The zero-order valence-corrected chi connectivity index (χ0v) is 19.0. The van der Waals surface area contributed by atoms with Gasteiger partial charge in [-0.25, -0.2) is 5.48 Å². The highest BCUT2D eigenvalue weighted by Gasteiger charge is 2.30. The van der Waals surface area contributed by atoms with Crippen LogP contribution >= 0.6 is 0 Å². The molecule has 1 aliphatic heterocycles. The minimum absolute atomic E-state index is 0.0440. The Hall–Kier alpha value is -3.39. The fourth-order valence-electron chi connectivity index (χ4n) is 3.89. The summed E-state index contributed by atoms with van der Waals surface area (Å²) in [5.74, 6) is -1.31. The minimum Gasteiger partial charge on any atom is -0.508 e. The van der Waals surface area contributed by atoms with E-state index in [-0.39, 0.29) is 43.1 Å². The molecule has 0 fully saturated rings. The van der Waals surface area contributed by atoms with Crippen molar-refractivity contribution in [1.29, 1.82) is 0 Å². The van der Waals surface area contributed by atoms with Gasteiger partial charge in [0.15, 0.2) is 0 Å². The molecule has 3 rings (SSSR count). The van der Waals surface area contributed by atoms with Crippen molar-refractivity contribution in [2.75, 3.05) is 0 Å². The van der Waals surface area contributed by atoms with Crippen LogP contribution in [0.3, 0.4) is 0 Å².